The SMILES string of the molecule is CCN(CCNC(C)CCc1ccccc1)C(=O)OC(C)(C)C. The Labute approximate surface area is 141 Å². The Kier molecular flexibility index (Phi) is 8.10. The number of nitrogens with zero attached hydrogens (tertiary/aromatic N) is 1. The van der Waals surface area contributed by atoms with Crippen LogP contribution in [0.25, 0.3) is 0 Å². The molecule has 0 fully saturated rings. The van der Waals surface area contributed by atoms with Crippen molar-refractivity contribution >= 4 is 6.09 Å². The van der Waals surface area contributed by atoms with Gasteiger partial charge in [-0.2, -0.15) is 0 Å². The van der Waals surface area contributed by atoms with Crippen LogP contribution in [0, 0.1) is 0 Å². The fourth-order valence-corrected chi connectivity index (χ4v) is 2.28. The molecule has 1 atom stereocenters. The van der Waals surface area contributed by atoms with E-state index in [4.69, 9.17) is 4.74 Å². The molecule has 0 saturated heterocycles. The Balaban J connectivity index is 2.26. The van der Waals surface area contributed by atoms with Crippen molar-refractivity contribution in [3.63, 3.8) is 0 Å². The summed E-state index contributed by atoms with van der Waals surface area (Å²) in [4.78, 5) is 13.8. The molecular weight excluding hydrogens is 288 g/mol. The van der Waals surface area contributed by atoms with Crippen molar-refractivity contribution in [3.8, 4) is 0 Å². The van der Waals surface area contributed by atoms with Crippen LogP contribution in [0.1, 0.15) is 46.6 Å². The van der Waals surface area contributed by atoms with Crippen LogP contribution in [0.4, 0.5) is 4.79 Å². The number of likely N-dealkylation sites (N-methyl/N-ethyl adjacent to an activating group) is 1. The van der Waals surface area contributed by atoms with Crippen LogP contribution < -0.4 is 5.32 Å². The molecule has 1 aromatic rings. The molecule has 0 heterocycles. The first kappa shape index (κ1) is 19.5. The van der Waals surface area contributed by atoms with Crippen LogP contribution in [0.5, 0.6) is 0 Å². The average molecular weight is 320 g/mol. The van der Waals surface area contributed by atoms with Gasteiger partial charge < -0.3 is 15.0 Å². The van der Waals surface area contributed by atoms with Gasteiger partial charge in [-0.1, -0.05) is 30.3 Å². The minimum atomic E-state index is -0.444. The molecule has 130 valence electrons. The third-order valence-electron chi connectivity index (χ3n) is 3.62. The minimum Gasteiger partial charge on any atom is -0.444 e. The second-order valence-electron chi connectivity index (χ2n) is 6.94. The Morgan fingerprint density at radius 2 is 1.91 bits per heavy atom. The van der Waals surface area contributed by atoms with E-state index in [2.05, 4.69) is 36.5 Å². The van der Waals surface area contributed by atoms with Gasteiger partial charge in [-0.15, -0.1) is 0 Å². The van der Waals surface area contributed by atoms with E-state index in [9.17, 15) is 4.79 Å². The highest BCUT2D eigenvalue weighted by atomic mass is 16.6. The van der Waals surface area contributed by atoms with Crippen LogP contribution >= 0.6 is 0 Å². The fraction of sp³-hybridized carbons (Fsp3) is 0.632. The van der Waals surface area contributed by atoms with Gasteiger partial charge in [0.2, 0.25) is 0 Å². The zero-order valence-corrected chi connectivity index (χ0v) is 15.3. The monoisotopic (exact) mass is 320 g/mol. The second kappa shape index (κ2) is 9.56. The molecule has 4 nitrogen and oxygen atoms in total. The zero-order chi connectivity index (χ0) is 17.3. The van der Waals surface area contributed by atoms with Gasteiger partial charge in [0.25, 0.3) is 0 Å². The third-order valence-corrected chi connectivity index (χ3v) is 3.62. The highest BCUT2D eigenvalue weighted by molar-refractivity contribution is 5.68. The van der Waals surface area contributed by atoms with Gasteiger partial charge >= 0.3 is 6.09 Å². The van der Waals surface area contributed by atoms with Crippen molar-refractivity contribution in [3.05, 3.63) is 35.9 Å². The normalized spacial score (nSPS) is 12.7. The van der Waals surface area contributed by atoms with E-state index in [0.717, 1.165) is 19.4 Å². The molecule has 1 rings (SSSR count). The summed E-state index contributed by atoms with van der Waals surface area (Å²) >= 11 is 0. The first-order valence-electron chi connectivity index (χ1n) is 8.57. The molecule has 0 bridgehead atoms. The van der Waals surface area contributed by atoms with Gasteiger partial charge in [-0.3, -0.25) is 0 Å². The second-order valence-corrected chi connectivity index (χ2v) is 6.94. The summed E-state index contributed by atoms with van der Waals surface area (Å²) in [7, 11) is 0. The largest absolute Gasteiger partial charge is 0.444 e. The Morgan fingerprint density at radius 3 is 2.48 bits per heavy atom. The maximum Gasteiger partial charge on any atom is 0.410 e. The van der Waals surface area contributed by atoms with Gasteiger partial charge in [-0.25, -0.2) is 4.79 Å². The standard InChI is InChI=1S/C19H32N2O2/c1-6-21(18(22)23-19(3,4)5)15-14-20-16(2)12-13-17-10-8-7-9-11-17/h7-11,16,20H,6,12-15H2,1-5H3. The molecular formula is C19H32N2O2. The van der Waals surface area contributed by atoms with E-state index in [1.165, 1.54) is 5.56 Å². The lowest BCUT2D eigenvalue weighted by Gasteiger charge is -2.27. The molecule has 0 saturated carbocycles. The summed E-state index contributed by atoms with van der Waals surface area (Å²) in [5, 5.41) is 3.49. The number of ether oxygens (including phenoxy) is 1. The molecule has 23 heavy (non-hydrogen) atoms. The van der Waals surface area contributed by atoms with Crippen LogP contribution in [-0.2, 0) is 11.2 Å². The highest BCUT2D eigenvalue weighted by Gasteiger charge is 2.20. The van der Waals surface area contributed by atoms with E-state index in [-0.39, 0.29) is 6.09 Å². The van der Waals surface area contributed by atoms with Gasteiger partial charge in [-0.05, 0) is 53.0 Å². The number of hydrogen-bond acceptors (Lipinski definition) is 3. The number of rotatable bonds is 8. The van der Waals surface area contributed by atoms with Crippen molar-refractivity contribution in [2.24, 2.45) is 0 Å². The minimum absolute atomic E-state index is 0.237. The summed E-state index contributed by atoms with van der Waals surface area (Å²) in [6.45, 7) is 11.9. The van der Waals surface area contributed by atoms with E-state index in [1.54, 1.807) is 4.90 Å². The molecule has 0 radical (unpaired) electrons. The number of hydrogen-bond donors (Lipinski definition) is 1. The van der Waals surface area contributed by atoms with E-state index in [0.29, 0.717) is 19.1 Å². The van der Waals surface area contributed by atoms with Crippen LogP contribution in [0.2, 0.25) is 0 Å². The van der Waals surface area contributed by atoms with Crippen molar-refractivity contribution in [1.29, 1.82) is 0 Å². The molecule has 1 aromatic carbocycles. The van der Waals surface area contributed by atoms with Crippen molar-refractivity contribution < 1.29 is 9.53 Å². The van der Waals surface area contributed by atoms with Crippen LogP contribution in [0.15, 0.2) is 30.3 Å². The average Bonchev–Trinajstić information content (AvgIpc) is 2.48. The van der Waals surface area contributed by atoms with Crippen molar-refractivity contribution in [2.75, 3.05) is 19.6 Å². The van der Waals surface area contributed by atoms with Gasteiger partial charge in [0.15, 0.2) is 0 Å². The van der Waals surface area contributed by atoms with Gasteiger partial charge in [0, 0.05) is 25.7 Å². The smallest absolute Gasteiger partial charge is 0.410 e. The summed E-state index contributed by atoms with van der Waals surface area (Å²) in [6.07, 6.45) is 1.92. The summed E-state index contributed by atoms with van der Waals surface area (Å²) in [5.74, 6) is 0. The molecule has 0 aromatic heterocycles. The fourth-order valence-electron chi connectivity index (χ4n) is 2.28. The number of carbonyl (C=O) groups excluding carboxylic acids is 1. The quantitative estimate of drug-likeness (QED) is 0.791. The predicted octanol–water partition coefficient (Wildman–Crippen LogP) is 3.85. The summed E-state index contributed by atoms with van der Waals surface area (Å²) in [5.41, 5.74) is 0.922. The molecule has 4 heteroatoms. The lowest BCUT2D eigenvalue weighted by atomic mass is 10.1. The highest BCUT2D eigenvalue weighted by Crippen LogP contribution is 2.09. The lowest BCUT2D eigenvalue weighted by molar-refractivity contribution is 0.0261. The molecule has 0 aliphatic heterocycles. The Hall–Kier alpha value is -1.55. The molecule has 0 aliphatic carbocycles. The molecule has 1 amide bonds. The third kappa shape index (κ3) is 8.60. The topological polar surface area (TPSA) is 41.6 Å². The summed E-state index contributed by atoms with van der Waals surface area (Å²) in [6, 6.07) is 10.9. The Morgan fingerprint density at radius 1 is 1.26 bits per heavy atom. The molecule has 1 N–H and O–H groups in total. The molecule has 0 aliphatic rings. The van der Waals surface area contributed by atoms with Gasteiger partial charge in [0.05, 0.1) is 0 Å². The van der Waals surface area contributed by atoms with E-state index in [1.807, 2.05) is 33.8 Å². The maximum absolute atomic E-state index is 12.1. The number of benzene rings is 1. The van der Waals surface area contributed by atoms with Crippen molar-refractivity contribution in [2.45, 2.75) is 59.1 Å². The Bertz CT molecular complexity index is 454. The van der Waals surface area contributed by atoms with E-state index >= 15 is 0 Å². The number of nitrogens with one attached hydrogen (secondary N) is 1. The zero-order valence-electron chi connectivity index (χ0n) is 15.3. The number of aryl methyl sites for hydroxylation is 1. The first-order chi connectivity index (χ1) is 10.8. The van der Waals surface area contributed by atoms with Crippen molar-refractivity contribution in [1.82, 2.24) is 10.2 Å². The van der Waals surface area contributed by atoms with Crippen LogP contribution in [-0.4, -0.2) is 42.3 Å². The molecule has 1 unspecified atom stereocenters. The first-order valence-corrected chi connectivity index (χ1v) is 8.57. The number of amides is 1. The number of carbonyl (C=O) groups is 1. The summed E-state index contributed by atoms with van der Waals surface area (Å²) < 4.78 is 5.41. The molecule has 0 spiro atoms. The maximum atomic E-state index is 12.1. The van der Waals surface area contributed by atoms with Gasteiger partial charge in [0.1, 0.15) is 5.60 Å². The van der Waals surface area contributed by atoms with Crippen LogP contribution in [0.3, 0.4) is 0 Å². The predicted molar refractivity (Wildman–Crippen MR) is 95.7 cm³/mol. The lowest BCUT2D eigenvalue weighted by Crippen LogP contribution is -2.41. The van der Waals surface area contributed by atoms with E-state index < -0.39 is 5.60 Å².